The van der Waals surface area contributed by atoms with Crippen LogP contribution >= 0.6 is 0 Å². The van der Waals surface area contributed by atoms with Crippen molar-refractivity contribution >= 4 is 11.4 Å². The maximum atomic E-state index is 12.4. The molecule has 0 bridgehead atoms. The van der Waals surface area contributed by atoms with Crippen LogP contribution in [0.1, 0.15) is 108 Å². The summed E-state index contributed by atoms with van der Waals surface area (Å²) in [6, 6.07) is 15.3. The van der Waals surface area contributed by atoms with Crippen LogP contribution in [0.3, 0.4) is 0 Å². The number of hydrogen-bond donors (Lipinski definition) is 1. The van der Waals surface area contributed by atoms with Gasteiger partial charge in [0.1, 0.15) is 17.1 Å². The highest BCUT2D eigenvalue weighted by Crippen LogP contribution is 2.44. The zero-order valence-electron chi connectivity index (χ0n) is 23.0. The average molecular weight is 507 g/mol. The average Bonchev–Trinajstić information content (AvgIpc) is 3.23. The van der Waals surface area contributed by atoms with E-state index in [0.717, 1.165) is 29.9 Å². The van der Waals surface area contributed by atoms with Gasteiger partial charge in [-0.3, -0.25) is 4.79 Å². The molecule has 3 rings (SSSR count). The van der Waals surface area contributed by atoms with Crippen molar-refractivity contribution in [3.05, 3.63) is 65.7 Å². The van der Waals surface area contributed by atoms with Gasteiger partial charge in [-0.05, 0) is 59.9 Å². The Hall–Kier alpha value is -2.59. The molecular formula is C33H46O4. The van der Waals surface area contributed by atoms with Crippen LogP contribution in [0.2, 0.25) is 0 Å². The molecule has 0 fully saturated rings. The molecule has 2 aromatic carbocycles. The van der Waals surface area contributed by atoms with Crippen LogP contribution in [-0.2, 0) is 10.4 Å². The van der Waals surface area contributed by atoms with Crippen LogP contribution < -0.4 is 9.47 Å². The maximum Gasteiger partial charge on any atom is 0.159 e. The Morgan fingerprint density at radius 1 is 0.676 bits per heavy atom. The fraction of sp³-hybridized carbons (Fsp3) is 0.545. The molecule has 4 heteroatoms. The van der Waals surface area contributed by atoms with E-state index in [-0.39, 0.29) is 12.2 Å². The van der Waals surface area contributed by atoms with Crippen molar-refractivity contribution in [2.45, 2.75) is 103 Å². The lowest BCUT2D eigenvalue weighted by Crippen LogP contribution is -2.25. The number of allylic oxidation sites excluding steroid dienone is 1. The second kappa shape index (κ2) is 15.6. The lowest BCUT2D eigenvalue weighted by Gasteiger charge is -2.27. The van der Waals surface area contributed by atoms with Crippen LogP contribution in [0, 0.1) is 0 Å². The topological polar surface area (TPSA) is 55.8 Å². The molecule has 37 heavy (non-hydrogen) atoms. The molecule has 202 valence electrons. The Balaban J connectivity index is 1.53. The quantitative estimate of drug-likeness (QED) is 0.206. The van der Waals surface area contributed by atoms with E-state index in [9.17, 15) is 9.90 Å². The van der Waals surface area contributed by atoms with E-state index in [0.29, 0.717) is 24.4 Å². The number of carbonyl (C=O) groups is 1. The molecule has 0 aliphatic heterocycles. The van der Waals surface area contributed by atoms with Crippen LogP contribution in [0.25, 0.3) is 5.57 Å². The molecule has 0 saturated carbocycles. The highest BCUT2D eigenvalue weighted by molar-refractivity contribution is 6.05. The first-order valence-corrected chi connectivity index (χ1v) is 14.5. The van der Waals surface area contributed by atoms with Crippen molar-refractivity contribution in [2.24, 2.45) is 0 Å². The smallest absolute Gasteiger partial charge is 0.159 e. The van der Waals surface area contributed by atoms with Gasteiger partial charge >= 0.3 is 0 Å². The van der Waals surface area contributed by atoms with Gasteiger partial charge in [-0.1, -0.05) is 102 Å². The Bertz CT molecular complexity index is 961. The maximum absolute atomic E-state index is 12.4. The summed E-state index contributed by atoms with van der Waals surface area (Å²) < 4.78 is 11.8. The molecule has 2 aromatic rings. The molecular weight excluding hydrogens is 460 g/mol. The highest BCUT2D eigenvalue weighted by atomic mass is 16.5. The molecule has 0 saturated heterocycles. The molecule has 0 amide bonds. The molecule has 0 heterocycles. The van der Waals surface area contributed by atoms with Crippen LogP contribution in [0.15, 0.2) is 54.6 Å². The largest absolute Gasteiger partial charge is 0.494 e. The van der Waals surface area contributed by atoms with E-state index in [4.69, 9.17) is 9.47 Å². The Morgan fingerprint density at radius 3 is 1.65 bits per heavy atom. The van der Waals surface area contributed by atoms with Crippen molar-refractivity contribution in [1.29, 1.82) is 0 Å². The number of hydrogen-bond acceptors (Lipinski definition) is 4. The molecule has 0 spiro atoms. The predicted octanol–water partition coefficient (Wildman–Crippen LogP) is 8.41. The Morgan fingerprint density at radius 2 is 1.14 bits per heavy atom. The molecule has 4 nitrogen and oxygen atoms in total. The summed E-state index contributed by atoms with van der Waals surface area (Å²) in [5.41, 5.74) is 0.847. The zero-order chi connectivity index (χ0) is 26.3. The van der Waals surface area contributed by atoms with Gasteiger partial charge in [-0.25, -0.2) is 0 Å². The van der Waals surface area contributed by atoms with Gasteiger partial charge in [0.25, 0.3) is 0 Å². The minimum atomic E-state index is -1.34. The third kappa shape index (κ3) is 9.03. The van der Waals surface area contributed by atoms with Gasteiger partial charge in [0.05, 0.1) is 13.2 Å². The Labute approximate surface area is 224 Å². The van der Waals surface area contributed by atoms with Crippen molar-refractivity contribution < 1.29 is 19.4 Å². The standard InChI is InChI=1S/C33H46O4/c1-3-5-7-9-11-13-23-36-30-19-15-27(16-20-30)32-25-29(34)26-33(32,35)28-17-21-31(22-18-28)37-24-14-12-10-8-6-4-2/h15-22,25,35H,3-14,23-24,26H2,1-2H3. The molecule has 1 unspecified atom stereocenters. The number of benzene rings is 2. The monoisotopic (exact) mass is 506 g/mol. The van der Waals surface area contributed by atoms with Gasteiger partial charge in [-0.15, -0.1) is 0 Å². The van der Waals surface area contributed by atoms with Gasteiger partial charge in [0.2, 0.25) is 0 Å². The number of rotatable bonds is 18. The summed E-state index contributed by atoms with van der Waals surface area (Å²) >= 11 is 0. The zero-order valence-corrected chi connectivity index (χ0v) is 23.0. The van der Waals surface area contributed by atoms with Crippen molar-refractivity contribution in [3.8, 4) is 11.5 Å². The summed E-state index contributed by atoms with van der Waals surface area (Å²) in [6.45, 7) is 5.87. The lowest BCUT2D eigenvalue weighted by molar-refractivity contribution is -0.116. The predicted molar refractivity (Wildman–Crippen MR) is 152 cm³/mol. The van der Waals surface area contributed by atoms with Crippen molar-refractivity contribution in [2.75, 3.05) is 13.2 Å². The van der Waals surface area contributed by atoms with E-state index in [1.165, 1.54) is 64.2 Å². The first kappa shape index (κ1) is 29.0. The lowest BCUT2D eigenvalue weighted by atomic mass is 9.84. The molecule has 0 aromatic heterocycles. The second-order valence-corrected chi connectivity index (χ2v) is 10.3. The SMILES string of the molecule is CCCCCCCCOc1ccc(C2=CC(=O)CC2(O)c2ccc(OCCCCCCCC)cc2)cc1. The highest BCUT2D eigenvalue weighted by Gasteiger charge is 2.41. The summed E-state index contributed by atoms with van der Waals surface area (Å²) in [5, 5.41) is 11.6. The minimum absolute atomic E-state index is 0.0522. The molecule has 1 aliphatic carbocycles. The third-order valence-corrected chi connectivity index (χ3v) is 7.21. The van der Waals surface area contributed by atoms with Gasteiger partial charge < -0.3 is 14.6 Å². The number of aliphatic hydroxyl groups is 1. The summed E-state index contributed by atoms with van der Waals surface area (Å²) in [5.74, 6) is 1.55. The second-order valence-electron chi connectivity index (χ2n) is 10.3. The summed E-state index contributed by atoms with van der Waals surface area (Å²) in [7, 11) is 0. The van der Waals surface area contributed by atoms with E-state index in [2.05, 4.69) is 13.8 Å². The number of unbranched alkanes of at least 4 members (excludes halogenated alkanes) is 10. The molecule has 1 aliphatic rings. The molecule has 0 radical (unpaired) electrons. The van der Waals surface area contributed by atoms with Crippen molar-refractivity contribution in [1.82, 2.24) is 0 Å². The minimum Gasteiger partial charge on any atom is -0.494 e. The fourth-order valence-corrected chi connectivity index (χ4v) is 4.96. The molecule has 1 atom stereocenters. The molecule has 1 N–H and O–H groups in total. The van der Waals surface area contributed by atoms with E-state index >= 15 is 0 Å². The van der Waals surface area contributed by atoms with Crippen LogP contribution in [-0.4, -0.2) is 24.1 Å². The van der Waals surface area contributed by atoms with Gasteiger partial charge in [-0.2, -0.15) is 0 Å². The number of ketones is 1. The summed E-state index contributed by atoms with van der Waals surface area (Å²) in [4.78, 5) is 12.4. The normalized spacial score (nSPS) is 17.2. The summed E-state index contributed by atoms with van der Waals surface area (Å²) in [6.07, 6.45) is 16.4. The van der Waals surface area contributed by atoms with Gasteiger partial charge in [0, 0.05) is 6.42 Å². The number of ether oxygens (including phenoxy) is 2. The van der Waals surface area contributed by atoms with E-state index in [1.807, 2.05) is 48.5 Å². The van der Waals surface area contributed by atoms with Crippen LogP contribution in [0.5, 0.6) is 11.5 Å². The Kier molecular flexibility index (Phi) is 12.2. The van der Waals surface area contributed by atoms with E-state index in [1.54, 1.807) is 6.08 Å². The fourth-order valence-electron chi connectivity index (χ4n) is 4.96. The number of carbonyl (C=O) groups excluding carboxylic acids is 1. The first-order chi connectivity index (χ1) is 18.1. The first-order valence-electron chi connectivity index (χ1n) is 14.5. The van der Waals surface area contributed by atoms with Crippen molar-refractivity contribution in [3.63, 3.8) is 0 Å². The van der Waals surface area contributed by atoms with Gasteiger partial charge in [0.15, 0.2) is 5.78 Å². The van der Waals surface area contributed by atoms with E-state index < -0.39 is 5.60 Å². The third-order valence-electron chi connectivity index (χ3n) is 7.21. The van der Waals surface area contributed by atoms with Crippen LogP contribution in [0.4, 0.5) is 0 Å².